The molecule has 0 fully saturated rings. The van der Waals surface area contributed by atoms with Gasteiger partial charge in [-0.25, -0.2) is 14.6 Å². The van der Waals surface area contributed by atoms with Gasteiger partial charge in [-0.2, -0.15) is 0 Å². The Balaban J connectivity index is 2.44. The van der Waals surface area contributed by atoms with Crippen LogP contribution in [0.2, 0.25) is 0 Å². The molecule has 0 saturated carbocycles. The molecule has 0 unspecified atom stereocenters. The summed E-state index contributed by atoms with van der Waals surface area (Å²) in [6.07, 6.45) is 3.06. The van der Waals surface area contributed by atoms with Gasteiger partial charge in [0, 0.05) is 18.0 Å². The standard InChI is InChI=1S/C14H9N3O4/c18-13(19)10-3-1-2-9-11(14(20)21)16-12(17(9)10)8-4-6-15-7-5-8/h1-7H,(H,18,19)(H,20,21). The van der Waals surface area contributed by atoms with Gasteiger partial charge in [0.05, 0.1) is 5.52 Å². The number of fused-ring (bicyclic) bond motifs is 1. The lowest BCUT2D eigenvalue weighted by Crippen LogP contribution is -2.06. The minimum absolute atomic E-state index is 0.0562. The number of aromatic carboxylic acids is 2. The van der Waals surface area contributed by atoms with Crippen LogP contribution in [0.15, 0.2) is 42.7 Å². The second kappa shape index (κ2) is 4.71. The topological polar surface area (TPSA) is 105 Å². The number of carboxylic acids is 2. The highest BCUT2D eigenvalue weighted by Gasteiger charge is 2.21. The van der Waals surface area contributed by atoms with Crippen LogP contribution in [0.4, 0.5) is 0 Å². The van der Waals surface area contributed by atoms with Gasteiger partial charge in [0.2, 0.25) is 0 Å². The van der Waals surface area contributed by atoms with Crippen molar-refractivity contribution in [2.75, 3.05) is 0 Å². The third-order valence-corrected chi connectivity index (χ3v) is 3.02. The highest BCUT2D eigenvalue weighted by atomic mass is 16.4. The predicted molar refractivity (Wildman–Crippen MR) is 72.3 cm³/mol. The summed E-state index contributed by atoms with van der Waals surface area (Å²) < 4.78 is 1.32. The Kier molecular flexibility index (Phi) is 2.87. The SMILES string of the molecule is O=C(O)c1nc(-c2ccncc2)n2c(C(=O)O)cccc12. The Bertz CT molecular complexity index is 855. The van der Waals surface area contributed by atoms with Gasteiger partial charge in [0.15, 0.2) is 5.69 Å². The van der Waals surface area contributed by atoms with E-state index in [0.717, 1.165) is 0 Å². The fourth-order valence-corrected chi connectivity index (χ4v) is 2.15. The Hall–Kier alpha value is -3.22. The molecular weight excluding hydrogens is 274 g/mol. The zero-order valence-electron chi connectivity index (χ0n) is 10.6. The van der Waals surface area contributed by atoms with Crippen LogP contribution >= 0.6 is 0 Å². The summed E-state index contributed by atoms with van der Waals surface area (Å²) >= 11 is 0. The maximum Gasteiger partial charge on any atom is 0.356 e. The van der Waals surface area contributed by atoms with Crippen molar-refractivity contribution < 1.29 is 19.8 Å². The van der Waals surface area contributed by atoms with Crippen LogP contribution in [0.25, 0.3) is 16.9 Å². The largest absolute Gasteiger partial charge is 0.477 e. The summed E-state index contributed by atoms with van der Waals surface area (Å²) in [4.78, 5) is 30.6. The van der Waals surface area contributed by atoms with E-state index in [1.165, 1.54) is 35.0 Å². The maximum atomic E-state index is 11.4. The molecule has 7 nitrogen and oxygen atoms in total. The summed E-state index contributed by atoms with van der Waals surface area (Å²) in [6, 6.07) is 7.68. The zero-order chi connectivity index (χ0) is 15.0. The monoisotopic (exact) mass is 283 g/mol. The van der Waals surface area contributed by atoms with Gasteiger partial charge in [-0.1, -0.05) is 6.07 Å². The van der Waals surface area contributed by atoms with Crippen LogP contribution in [0, 0.1) is 0 Å². The molecule has 7 heteroatoms. The number of hydrogen-bond donors (Lipinski definition) is 2. The minimum atomic E-state index is -1.21. The average Bonchev–Trinajstić information content (AvgIpc) is 2.87. The molecule has 3 rings (SSSR count). The summed E-state index contributed by atoms with van der Waals surface area (Å²) in [5.41, 5.74) is 0.569. The Labute approximate surface area is 118 Å². The average molecular weight is 283 g/mol. The van der Waals surface area contributed by atoms with E-state index in [1.54, 1.807) is 12.1 Å². The van der Waals surface area contributed by atoms with Crippen LogP contribution in [0.1, 0.15) is 21.0 Å². The molecule has 0 bridgehead atoms. The lowest BCUT2D eigenvalue weighted by atomic mass is 10.2. The van der Waals surface area contributed by atoms with Gasteiger partial charge in [-0.15, -0.1) is 0 Å². The van der Waals surface area contributed by atoms with Crippen LogP contribution < -0.4 is 0 Å². The van der Waals surface area contributed by atoms with E-state index in [0.29, 0.717) is 5.56 Å². The van der Waals surface area contributed by atoms with Gasteiger partial charge in [-0.05, 0) is 24.3 Å². The highest BCUT2D eigenvalue weighted by Crippen LogP contribution is 2.24. The normalized spacial score (nSPS) is 10.7. The molecule has 0 aliphatic heterocycles. The first-order valence-corrected chi connectivity index (χ1v) is 5.98. The zero-order valence-corrected chi connectivity index (χ0v) is 10.6. The van der Waals surface area contributed by atoms with Crippen molar-refractivity contribution in [3.05, 3.63) is 54.1 Å². The van der Waals surface area contributed by atoms with E-state index >= 15 is 0 Å². The van der Waals surface area contributed by atoms with Crippen molar-refractivity contribution in [2.24, 2.45) is 0 Å². The number of nitrogens with zero attached hydrogens (tertiary/aromatic N) is 3. The molecule has 3 heterocycles. The summed E-state index contributed by atoms with van der Waals surface area (Å²) in [7, 11) is 0. The molecule has 104 valence electrons. The van der Waals surface area contributed by atoms with Gasteiger partial charge < -0.3 is 10.2 Å². The molecule has 0 atom stereocenters. The molecule has 3 aromatic heterocycles. The van der Waals surface area contributed by atoms with E-state index in [4.69, 9.17) is 0 Å². The third-order valence-electron chi connectivity index (χ3n) is 3.02. The van der Waals surface area contributed by atoms with Gasteiger partial charge in [0.1, 0.15) is 11.5 Å². The van der Waals surface area contributed by atoms with Crippen molar-refractivity contribution in [3.63, 3.8) is 0 Å². The number of pyridine rings is 2. The smallest absolute Gasteiger partial charge is 0.356 e. The fourth-order valence-electron chi connectivity index (χ4n) is 2.15. The van der Waals surface area contributed by atoms with E-state index in [1.807, 2.05) is 0 Å². The van der Waals surface area contributed by atoms with Crippen LogP contribution in [-0.2, 0) is 0 Å². The molecule has 0 radical (unpaired) electrons. The number of rotatable bonds is 3. The number of carboxylic acid groups (broad SMARTS) is 2. The molecule has 2 N–H and O–H groups in total. The van der Waals surface area contributed by atoms with Gasteiger partial charge >= 0.3 is 11.9 Å². The molecule has 0 aliphatic rings. The molecule has 0 saturated heterocycles. The molecular formula is C14H9N3O4. The molecule has 3 aromatic rings. The predicted octanol–water partition coefficient (Wildman–Crippen LogP) is 1.79. The Morgan fingerprint density at radius 3 is 2.33 bits per heavy atom. The number of aromatic nitrogens is 3. The first kappa shape index (κ1) is 12.8. The fraction of sp³-hybridized carbons (Fsp3) is 0. The minimum Gasteiger partial charge on any atom is -0.477 e. The van der Waals surface area contributed by atoms with E-state index < -0.39 is 11.9 Å². The van der Waals surface area contributed by atoms with Crippen molar-refractivity contribution in [2.45, 2.75) is 0 Å². The number of carbonyl (C=O) groups is 2. The molecule has 0 spiro atoms. The molecule has 0 amide bonds. The summed E-state index contributed by atoms with van der Waals surface area (Å²) in [5, 5.41) is 18.5. The quantitative estimate of drug-likeness (QED) is 0.759. The van der Waals surface area contributed by atoms with Crippen molar-refractivity contribution in [1.29, 1.82) is 0 Å². The molecule has 0 aliphatic carbocycles. The number of hydrogen-bond acceptors (Lipinski definition) is 4. The Morgan fingerprint density at radius 2 is 1.71 bits per heavy atom. The van der Waals surface area contributed by atoms with Crippen molar-refractivity contribution in [1.82, 2.24) is 14.4 Å². The number of imidazole rings is 1. The van der Waals surface area contributed by atoms with Gasteiger partial charge in [-0.3, -0.25) is 9.38 Å². The summed E-state index contributed by atoms with van der Waals surface area (Å²) in [5.74, 6) is -2.12. The highest BCUT2D eigenvalue weighted by molar-refractivity contribution is 5.97. The van der Waals surface area contributed by atoms with Crippen LogP contribution in [0.5, 0.6) is 0 Å². The maximum absolute atomic E-state index is 11.4. The van der Waals surface area contributed by atoms with Gasteiger partial charge in [0.25, 0.3) is 0 Å². The third kappa shape index (κ3) is 2.00. The second-order valence-electron chi connectivity index (χ2n) is 4.26. The lowest BCUT2D eigenvalue weighted by molar-refractivity contribution is 0.0678. The van der Waals surface area contributed by atoms with Crippen molar-refractivity contribution >= 4 is 17.5 Å². The van der Waals surface area contributed by atoms with Crippen LogP contribution in [-0.4, -0.2) is 36.5 Å². The van der Waals surface area contributed by atoms with E-state index in [-0.39, 0.29) is 22.7 Å². The van der Waals surface area contributed by atoms with Crippen molar-refractivity contribution in [3.8, 4) is 11.4 Å². The second-order valence-corrected chi connectivity index (χ2v) is 4.26. The van der Waals surface area contributed by atoms with Crippen LogP contribution in [0.3, 0.4) is 0 Å². The van der Waals surface area contributed by atoms with E-state index in [2.05, 4.69) is 9.97 Å². The lowest BCUT2D eigenvalue weighted by Gasteiger charge is -2.04. The van der Waals surface area contributed by atoms with E-state index in [9.17, 15) is 19.8 Å². The molecule has 0 aromatic carbocycles. The Morgan fingerprint density at radius 1 is 1.00 bits per heavy atom. The first-order chi connectivity index (χ1) is 10.1. The first-order valence-electron chi connectivity index (χ1n) is 5.98. The molecule has 21 heavy (non-hydrogen) atoms. The summed E-state index contributed by atoms with van der Waals surface area (Å²) in [6.45, 7) is 0.